The molecule has 7 heteroatoms. The minimum absolute atomic E-state index is 0.109. The summed E-state index contributed by atoms with van der Waals surface area (Å²) >= 11 is 0. The third-order valence-corrected chi connectivity index (χ3v) is 3.21. The second-order valence-corrected chi connectivity index (χ2v) is 4.27. The minimum Gasteiger partial charge on any atom is -0.396 e. The van der Waals surface area contributed by atoms with Crippen LogP contribution in [0.25, 0.3) is 0 Å². The van der Waals surface area contributed by atoms with Crippen molar-refractivity contribution in [1.82, 2.24) is 9.55 Å². The Hall–Kier alpha value is -1.44. The van der Waals surface area contributed by atoms with Crippen LogP contribution in [0.2, 0.25) is 0 Å². The summed E-state index contributed by atoms with van der Waals surface area (Å²) in [5, 5.41) is 28.5. The largest absolute Gasteiger partial charge is 0.396 e. The SMILES string of the molecule is Nc1ccn(C2CC(CO)[C@@H](O)[C@H]2O)c(=O)n1. The number of anilines is 1. The van der Waals surface area contributed by atoms with Gasteiger partial charge in [0.1, 0.15) is 11.9 Å². The van der Waals surface area contributed by atoms with Gasteiger partial charge in [-0.05, 0) is 12.5 Å². The fraction of sp³-hybridized carbons (Fsp3) is 0.600. The predicted octanol–water partition coefficient (Wildman–Crippen LogP) is -1.90. The van der Waals surface area contributed by atoms with Crippen LogP contribution in [-0.2, 0) is 0 Å². The Morgan fingerprint density at radius 2 is 2.18 bits per heavy atom. The van der Waals surface area contributed by atoms with Gasteiger partial charge in [-0.15, -0.1) is 0 Å². The van der Waals surface area contributed by atoms with Crippen molar-refractivity contribution in [2.45, 2.75) is 24.7 Å². The molecule has 1 aliphatic rings. The molecule has 0 saturated heterocycles. The van der Waals surface area contributed by atoms with Crippen LogP contribution in [0.4, 0.5) is 5.82 Å². The number of aliphatic hydroxyl groups is 3. The van der Waals surface area contributed by atoms with Crippen molar-refractivity contribution in [2.24, 2.45) is 5.92 Å². The Morgan fingerprint density at radius 1 is 1.47 bits per heavy atom. The number of nitrogens with zero attached hydrogens (tertiary/aromatic N) is 2. The van der Waals surface area contributed by atoms with Gasteiger partial charge in [0.05, 0.1) is 12.1 Å². The normalized spacial score (nSPS) is 32.9. The highest BCUT2D eigenvalue weighted by molar-refractivity contribution is 5.23. The molecule has 0 spiro atoms. The second kappa shape index (κ2) is 4.44. The van der Waals surface area contributed by atoms with Crippen molar-refractivity contribution in [2.75, 3.05) is 12.3 Å². The minimum atomic E-state index is -1.09. The van der Waals surface area contributed by atoms with Gasteiger partial charge in [-0.2, -0.15) is 4.98 Å². The van der Waals surface area contributed by atoms with Crippen LogP contribution in [0.5, 0.6) is 0 Å². The number of rotatable bonds is 2. The van der Waals surface area contributed by atoms with Crippen LogP contribution in [0.3, 0.4) is 0 Å². The fourth-order valence-corrected chi connectivity index (χ4v) is 2.23. The van der Waals surface area contributed by atoms with Gasteiger partial charge < -0.3 is 21.1 Å². The molecule has 1 heterocycles. The van der Waals surface area contributed by atoms with E-state index in [2.05, 4.69) is 4.98 Å². The molecule has 2 rings (SSSR count). The van der Waals surface area contributed by atoms with Gasteiger partial charge in [-0.1, -0.05) is 0 Å². The van der Waals surface area contributed by atoms with E-state index < -0.39 is 29.9 Å². The van der Waals surface area contributed by atoms with Gasteiger partial charge >= 0.3 is 5.69 Å². The molecule has 4 atom stereocenters. The average Bonchev–Trinajstić information content (AvgIpc) is 2.57. The second-order valence-electron chi connectivity index (χ2n) is 4.27. The topological polar surface area (TPSA) is 122 Å². The summed E-state index contributed by atoms with van der Waals surface area (Å²) in [7, 11) is 0. The average molecular weight is 241 g/mol. The molecule has 7 nitrogen and oxygen atoms in total. The fourth-order valence-electron chi connectivity index (χ4n) is 2.23. The van der Waals surface area contributed by atoms with E-state index >= 15 is 0 Å². The van der Waals surface area contributed by atoms with Crippen LogP contribution in [0, 0.1) is 5.92 Å². The van der Waals surface area contributed by atoms with Crippen LogP contribution in [-0.4, -0.2) is 43.7 Å². The molecular formula is C10H15N3O4. The summed E-state index contributed by atoms with van der Waals surface area (Å²) in [5.41, 5.74) is 4.80. The molecule has 0 radical (unpaired) electrons. The van der Waals surface area contributed by atoms with E-state index in [1.54, 1.807) is 0 Å². The molecule has 0 bridgehead atoms. The third-order valence-electron chi connectivity index (χ3n) is 3.21. The first-order chi connectivity index (χ1) is 8.04. The van der Waals surface area contributed by atoms with Gasteiger partial charge in [-0.25, -0.2) is 4.79 Å². The van der Waals surface area contributed by atoms with E-state index in [1.807, 2.05) is 0 Å². The maximum atomic E-state index is 11.6. The van der Waals surface area contributed by atoms with Crippen molar-refractivity contribution < 1.29 is 15.3 Å². The monoisotopic (exact) mass is 241 g/mol. The lowest BCUT2D eigenvalue weighted by Gasteiger charge is -2.18. The first kappa shape index (κ1) is 12.0. The molecular weight excluding hydrogens is 226 g/mol. The molecule has 1 aliphatic carbocycles. The van der Waals surface area contributed by atoms with Gasteiger partial charge in [-0.3, -0.25) is 4.57 Å². The number of hydrogen-bond donors (Lipinski definition) is 4. The van der Waals surface area contributed by atoms with Crippen LogP contribution >= 0.6 is 0 Å². The van der Waals surface area contributed by atoms with Crippen molar-refractivity contribution >= 4 is 5.82 Å². The van der Waals surface area contributed by atoms with E-state index in [0.29, 0.717) is 6.42 Å². The maximum absolute atomic E-state index is 11.6. The zero-order valence-electron chi connectivity index (χ0n) is 9.10. The van der Waals surface area contributed by atoms with E-state index in [1.165, 1.54) is 16.8 Å². The van der Waals surface area contributed by atoms with E-state index in [9.17, 15) is 15.0 Å². The summed E-state index contributed by atoms with van der Waals surface area (Å²) in [6, 6.07) is 0.870. The Morgan fingerprint density at radius 3 is 2.71 bits per heavy atom. The van der Waals surface area contributed by atoms with Gasteiger partial charge in [0, 0.05) is 18.7 Å². The zero-order valence-corrected chi connectivity index (χ0v) is 9.10. The van der Waals surface area contributed by atoms with Crippen molar-refractivity contribution in [3.05, 3.63) is 22.7 Å². The standard InChI is InChI=1S/C10H15N3O4/c11-7-1-2-13(10(17)12-7)6-3-5(4-14)8(15)9(6)16/h1-2,5-6,8-9,14-16H,3-4H2,(H2,11,12,17)/t5?,6?,8-,9+/m1/s1. The number of aromatic nitrogens is 2. The first-order valence-electron chi connectivity index (χ1n) is 5.36. The van der Waals surface area contributed by atoms with Gasteiger partial charge in [0.2, 0.25) is 0 Å². The van der Waals surface area contributed by atoms with Crippen molar-refractivity contribution in [3.8, 4) is 0 Å². The van der Waals surface area contributed by atoms with E-state index in [4.69, 9.17) is 10.8 Å². The van der Waals surface area contributed by atoms with Gasteiger partial charge in [0.15, 0.2) is 0 Å². The summed E-state index contributed by atoms with van der Waals surface area (Å²) < 4.78 is 1.24. The number of aliphatic hydroxyl groups excluding tert-OH is 3. The third kappa shape index (κ3) is 2.04. The highest BCUT2D eigenvalue weighted by atomic mass is 16.3. The zero-order chi connectivity index (χ0) is 12.6. The first-order valence-corrected chi connectivity index (χ1v) is 5.36. The highest BCUT2D eigenvalue weighted by Crippen LogP contribution is 2.34. The lowest BCUT2D eigenvalue weighted by molar-refractivity contribution is -0.00453. The van der Waals surface area contributed by atoms with Crippen LogP contribution in [0.1, 0.15) is 12.5 Å². The van der Waals surface area contributed by atoms with E-state index in [-0.39, 0.29) is 12.4 Å². The van der Waals surface area contributed by atoms with Crippen LogP contribution < -0.4 is 11.4 Å². The molecule has 5 N–H and O–H groups in total. The Kier molecular flexibility index (Phi) is 3.14. The molecule has 1 saturated carbocycles. The maximum Gasteiger partial charge on any atom is 0.349 e. The molecule has 0 aromatic carbocycles. The summed E-state index contributed by atoms with van der Waals surface area (Å²) in [4.78, 5) is 15.1. The number of hydrogen-bond acceptors (Lipinski definition) is 6. The predicted molar refractivity (Wildman–Crippen MR) is 59.2 cm³/mol. The molecule has 1 aromatic rings. The molecule has 17 heavy (non-hydrogen) atoms. The van der Waals surface area contributed by atoms with Crippen molar-refractivity contribution in [1.29, 1.82) is 0 Å². The van der Waals surface area contributed by atoms with Crippen LogP contribution in [0.15, 0.2) is 17.1 Å². The molecule has 2 unspecified atom stereocenters. The number of nitrogens with two attached hydrogens (primary N) is 1. The molecule has 0 aliphatic heterocycles. The summed E-state index contributed by atoms with van der Waals surface area (Å²) in [6.45, 7) is -0.230. The van der Waals surface area contributed by atoms with Gasteiger partial charge in [0.25, 0.3) is 0 Å². The summed E-state index contributed by atoms with van der Waals surface area (Å²) in [5.74, 6) is -0.322. The lowest BCUT2D eigenvalue weighted by Crippen LogP contribution is -2.35. The Labute approximate surface area is 97.1 Å². The smallest absolute Gasteiger partial charge is 0.349 e. The highest BCUT2D eigenvalue weighted by Gasteiger charge is 2.42. The molecule has 0 amide bonds. The Bertz CT molecular complexity index is 461. The van der Waals surface area contributed by atoms with Crippen molar-refractivity contribution in [3.63, 3.8) is 0 Å². The molecule has 94 valence electrons. The molecule has 1 fully saturated rings. The number of nitrogen functional groups attached to an aromatic ring is 1. The Balaban J connectivity index is 2.32. The lowest BCUT2D eigenvalue weighted by atomic mass is 10.1. The quantitative estimate of drug-likeness (QED) is 0.480. The van der Waals surface area contributed by atoms with E-state index in [0.717, 1.165) is 0 Å². The summed E-state index contributed by atoms with van der Waals surface area (Å²) in [6.07, 6.45) is -0.361. The molecule has 1 aromatic heterocycles.